The lowest BCUT2D eigenvalue weighted by Gasteiger charge is -2.20. The Balaban J connectivity index is 2.43. The summed E-state index contributed by atoms with van der Waals surface area (Å²) in [6, 6.07) is 8.33. The highest BCUT2D eigenvalue weighted by atomic mass is 15.2. The second kappa shape index (κ2) is 4.64. The molecule has 2 rings (SSSR count). The summed E-state index contributed by atoms with van der Waals surface area (Å²) in [5, 5.41) is 0. The van der Waals surface area contributed by atoms with Crippen LogP contribution in [0.3, 0.4) is 0 Å². The van der Waals surface area contributed by atoms with Crippen LogP contribution in [0, 0.1) is 20.8 Å². The lowest BCUT2D eigenvalue weighted by Crippen LogP contribution is -2.13. The van der Waals surface area contributed by atoms with Crippen molar-refractivity contribution in [2.45, 2.75) is 20.8 Å². The second-order valence-electron chi connectivity index (χ2n) is 4.63. The first-order valence-corrected chi connectivity index (χ1v) is 5.89. The molecule has 4 heteroatoms. The van der Waals surface area contributed by atoms with Crippen LogP contribution in [0.15, 0.2) is 24.3 Å². The number of anilines is 3. The highest BCUT2D eigenvalue weighted by Gasteiger charge is 2.08. The summed E-state index contributed by atoms with van der Waals surface area (Å²) in [5.41, 5.74) is 10.1. The molecule has 0 saturated carbocycles. The fraction of sp³-hybridized carbons (Fsp3) is 0.286. The Bertz CT molecular complexity index is 486. The van der Waals surface area contributed by atoms with Crippen molar-refractivity contribution in [3.8, 4) is 0 Å². The standard InChI is InChI=1S/C14H18N4/c1-9-5-10(2)7-12(6-9)18(4)13-8-11(3)16-14(15)17-13/h5-8H,1-4H3,(H2,15,16,17). The first kappa shape index (κ1) is 12.4. The SMILES string of the molecule is Cc1cc(C)cc(N(C)c2cc(C)nc(N)n2)c1. The summed E-state index contributed by atoms with van der Waals surface area (Å²) in [4.78, 5) is 10.4. The molecule has 1 aromatic heterocycles. The van der Waals surface area contributed by atoms with Gasteiger partial charge in [0.25, 0.3) is 0 Å². The van der Waals surface area contributed by atoms with E-state index in [0.29, 0.717) is 5.95 Å². The van der Waals surface area contributed by atoms with E-state index in [2.05, 4.69) is 42.0 Å². The van der Waals surface area contributed by atoms with Crippen LogP contribution < -0.4 is 10.6 Å². The van der Waals surface area contributed by atoms with Gasteiger partial charge in [-0.05, 0) is 44.0 Å². The van der Waals surface area contributed by atoms with E-state index in [1.807, 2.05) is 24.9 Å². The Morgan fingerprint density at radius 1 is 0.944 bits per heavy atom. The fourth-order valence-corrected chi connectivity index (χ4v) is 2.02. The van der Waals surface area contributed by atoms with E-state index >= 15 is 0 Å². The van der Waals surface area contributed by atoms with Gasteiger partial charge < -0.3 is 10.6 Å². The molecule has 0 bridgehead atoms. The molecule has 0 aliphatic heterocycles. The third kappa shape index (κ3) is 2.59. The number of aromatic nitrogens is 2. The molecule has 0 amide bonds. The van der Waals surface area contributed by atoms with Gasteiger partial charge in [0, 0.05) is 24.5 Å². The Morgan fingerprint density at radius 2 is 1.56 bits per heavy atom. The number of nitrogens with two attached hydrogens (primary N) is 1. The zero-order valence-corrected chi connectivity index (χ0v) is 11.2. The summed E-state index contributed by atoms with van der Waals surface area (Å²) in [5.74, 6) is 1.12. The summed E-state index contributed by atoms with van der Waals surface area (Å²) in [6.45, 7) is 6.09. The maximum Gasteiger partial charge on any atom is 0.222 e. The zero-order chi connectivity index (χ0) is 13.3. The van der Waals surface area contributed by atoms with Crippen LogP contribution in [0.5, 0.6) is 0 Å². The third-order valence-corrected chi connectivity index (χ3v) is 2.80. The van der Waals surface area contributed by atoms with Gasteiger partial charge in [0.15, 0.2) is 0 Å². The molecule has 0 aliphatic rings. The van der Waals surface area contributed by atoms with Gasteiger partial charge in [0.2, 0.25) is 5.95 Å². The molecule has 2 aromatic rings. The lowest BCUT2D eigenvalue weighted by molar-refractivity contribution is 1.06. The highest BCUT2D eigenvalue weighted by molar-refractivity contribution is 5.61. The van der Waals surface area contributed by atoms with Gasteiger partial charge in [-0.2, -0.15) is 4.98 Å². The fourth-order valence-electron chi connectivity index (χ4n) is 2.02. The van der Waals surface area contributed by atoms with E-state index in [1.54, 1.807) is 0 Å². The van der Waals surface area contributed by atoms with Crippen LogP contribution in [0.4, 0.5) is 17.5 Å². The van der Waals surface area contributed by atoms with Gasteiger partial charge in [0.1, 0.15) is 5.82 Å². The van der Waals surface area contributed by atoms with Gasteiger partial charge in [0.05, 0.1) is 0 Å². The van der Waals surface area contributed by atoms with Gasteiger partial charge in [-0.3, -0.25) is 0 Å². The normalized spacial score (nSPS) is 10.4. The van der Waals surface area contributed by atoms with Crippen LogP contribution in [-0.2, 0) is 0 Å². The molecule has 0 fully saturated rings. The molecule has 0 aliphatic carbocycles. The van der Waals surface area contributed by atoms with Crippen molar-refractivity contribution in [3.63, 3.8) is 0 Å². The van der Waals surface area contributed by atoms with Crippen molar-refractivity contribution in [1.29, 1.82) is 0 Å². The smallest absolute Gasteiger partial charge is 0.222 e. The van der Waals surface area contributed by atoms with Crippen molar-refractivity contribution in [1.82, 2.24) is 9.97 Å². The summed E-state index contributed by atoms with van der Waals surface area (Å²) >= 11 is 0. The number of aryl methyl sites for hydroxylation is 3. The number of nitrogens with zero attached hydrogens (tertiary/aromatic N) is 3. The Kier molecular flexibility index (Phi) is 3.19. The third-order valence-electron chi connectivity index (χ3n) is 2.80. The average Bonchev–Trinajstić information content (AvgIpc) is 2.25. The molecule has 0 spiro atoms. The second-order valence-corrected chi connectivity index (χ2v) is 4.63. The Hall–Kier alpha value is -2.10. The molecule has 18 heavy (non-hydrogen) atoms. The van der Waals surface area contributed by atoms with E-state index in [1.165, 1.54) is 11.1 Å². The molecule has 0 saturated heterocycles. The number of hydrogen-bond acceptors (Lipinski definition) is 4. The van der Waals surface area contributed by atoms with Crippen LogP contribution in [0.25, 0.3) is 0 Å². The summed E-state index contributed by atoms with van der Waals surface area (Å²) < 4.78 is 0. The van der Waals surface area contributed by atoms with Gasteiger partial charge >= 0.3 is 0 Å². The van der Waals surface area contributed by atoms with Gasteiger partial charge in [-0.1, -0.05) is 6.07 Å². The van der Waals surface area contributed by atoms with Gasteiger partial charge in [-0.15, -0.1) is 0 Å². The molecule has 0 atom stereocenters. The number of nitrogen functional groups attached to an aromatic ring is 1. The molecule has 1 heterocycles. The maximum absolute atomic E-state index is 5.69. The monoisotopic (exact) mass is 242 g/mol. The van der Waals surface area contributed by atoms with Crippen LogP contribution >= 0.6 is 0 Å². The molecular formula is C14H18N4. The number of benzene rings is 1. The molecule has 4 nitrogen and oxygen atoms in total. The molecule has 2 N–H and O–H groups in total. The average molecular weight is 242 g/mol. The molecule has 1 aromatic carbocycles. The minimum absolute atomic E-state index is 0.307. The molecular weight excluding hydrogens is 224 g/mol. The first-order valence-electron chi connectivity index (χ1n) is 5.89. The van der Waals surface area contributed by atoms with Crippen molar-refractivity contribution in [2.24, 2.45) is 0 Å². The number of hydrogen-bond donors (Lipinski definition) is 1. The quantitative estimate of drug-likeness (QED) is 0.879. The van der Waals surface area contributed by atoms with E-state index in [0.717, 1.165) is 17.2 Å². The van der Waals surface area contributed by atoms with Crippen LogP contribution in [0.1, 0.15) is 16.8 Å². The molecule has 0 unspecified atom stereocenters. The largest absolute Gasteiger partial charge is 0.368 e. The zero-order valence-electron chi connectivity index (χ0n) is 11.2. The van der Waals surface area contributed by atoms with Crippen molar-refractivity contribution in [2.75, 3.05) is 17.7 Å². The van der Waals surface area contributed by atoms with Crippen molar-refractivity contribution in [3.05, 3.63) is 41.1 Å². The Labute approximate surface area is 107 Å². The highest BCUT2D eigenvalue weighted by Crippen LogP contribution is 2.24. The number of rotatable bonds is 2. The predicted octanol–water partition coefficient (Wildman–Crippen LogP) is 2.75. The van der Waals surface area contributed by atoms with Gasteiger partial charge in [-0.25, -0.2) is 4.98 Å². The lowest BCUT2D eigenvalue weighted by atomic mass is 10.1. The van der Waals surface area contributed by atoms with E-state index in [9.17, 15) is 0 Å². The maximum atomic E-state index is 5.69. The van der Waals surface area contributed by atoms with E-state index in [4.69, 9.17) is 5.73 Å². The minimum Gasteiger partial charge on any atom is -0.368 e. The summed E-state index contributed by atoms with van der Waals surface area (Å²) in [6.07, 6.45) is 0. The molecule has 94 valence electrons. The summed E-state index contributed by atoms with van der Waals surface area (Å²) in [7, 11) is 1.98. The predicted molar refractivity (Wildman–Crippen MR) is 75.2 cm³/mol. The first-order chi connectivity index (χ1) is 8.45. The Morgan fingerprint density at radius 3 is 2.11 bits per heavy atom. The van der Waals surface area contributed by atoms with Crippen molar-refractivity contribution >= 4 is 17.5 Å². The van der Waals surface area contributed by atoms with Crippen LogP contribution in [0.2, 0.25) is 0 Å². The molecule has 0 radical (unpaired) electrons. The van der Waals surface area contributed by atoms with Crippen molar-refractivity contribution < 1.29 is 0 Å². The topological polar surface area (TPSA) is 55.0 Å². The van der Waals surface area contributed by atoms with E-state index < -0.39 is 0 Å². The minimum atomic E-state index is 0.307. The van der Waals surface area contributed by atoms with Crippen LogP contribution in [-0.4, -0.2) is 17.0 Å². The van der Waals surface area contributed by atoms with E-state index in [-0.39, 0.29) is 0 Å².